The summed E-state index contributed by atoms with van der Waals surface area (Å²) in [5.41, 5.74) is 1.71. The van der Waals surface area contributed by atoms with Gasteiger partial charge in [0.2, 0.25) is 5.91 Å². The largest absolute Gasteiger partial charge is 0.475 e. The van der Waals surface area contributed by atoms with Crippen LogP contribution in [-0.4, -0.2) is 47.4 Å². The number of carbonyl (C=O) groups is 2. The van der Waals surface area contributed by atoms with Gasteiger partial charge in [-0.1, -0.05) is 44.2 Å². The average Bonchev–Trinajstić information content (AvgIpc) is 2.74. The van der Waals surface area contributed by atoms with Gasteiger partial charge in [0.1, 0.15) is 5.82 Å². The lowest BCUT2D eigenvalue weighted by Gasteiger charge is -2.42. The first-order chi connectivity index (χ1) is 15.7. The highest BCUT2D eigenvalue weighted by molar-refractivity contribution is 6.43. The number of carbonyl (C=O) groups excluding carboxylic acids is 2. The van der Waals surface area contributed by atoms with Crippen LogP contribution in [0.2, 0.25) is 0 Å². The van der Waals surface area contributed by atoms with Crippen molar-refractivity contribution in [2.45, 2.75) is 51.5 Å². The zero-order valence-corrected chi connectivity index (χ0v) is 19.2. The summed E-state index contributed by atoms with van der Waals surface area (Å²) < 4.78 is 13.3. The minimum atomic E-state index is -1.68. The van der Waals surface area contributed by atoms with E-state index >= 15 is 0 Å². The van der Waals surface area contributed by atoms with Gasteiger partial charge in [-0.3, -0.25) is 9.59 Å². The second kappa shape index (κ2) is 11.4. The smallest absolute Gasteiger partial charge is 0.426 e. The maximum atomic E-state index is 13.3. The highest BCUT2D eigenvalue weighted by atomic mass is 19.1. The van der Waals surface area contributed by atoms with E-state index in [4.69, 9.17) is 0 Å². The maximum Gasteiger partial charge on any atom is 0.475 e. The Balaban J connectivity index is 1.72. The molecule has 176 valence electrons. The lowest BCUT2D eigenvalue weighted by Crippen LogP contribution is -2.54. The van der Waals surface area contributed by atoms with Crippen molar-refractivity contribution in [3.05, 3.63) is 66.0 Å². The lowest BCUT2D eigenvalue weighted by molar-refractivity contribution is -0.130. The fraction of sp³-hybridized carbons (Fsp3) is 0.440. The summed E-state index contributed by atoms with van der Waals surface area (Å²) in [6, 6.07) is 15.2. The molecule has 6 nitrogen and oxygen atoms in total. The molecule has 0 saturated carbocycles. The summed E-state index contributed by atoms with van der Waals surface area (Å²) >= 11 is 0. The third-order valence-corrected chi connectivity index (χ3v) is 6.11. The Morgan fingerprint density at radius 3 is 2.33 bits per heavy atom. The van der Waals surface area contributed by atoms with Gasteiger partial charge in [-0.15, -0.1) is 0 Å². The number of Topliss-reactive ketones (excluding diaryl/α,β-unsaturated/α-hetero) is 1. The van der Waals surface area contributed by atoms with Crippen molar-refractivity contribution < 1.29 is 24.0 Å². The molecule has 1 aliphatic heterocycles. The fourth-order valence-electron chi connectivity index (χ4n) is 4.26. The first kappa shape index (κ1) is 24.9. The maximum absolute atomic E-state index is 13.3. The number of benzene rings is 2. The Kier molecular flexibility index (Phi) is 8.64. The fourth-order valence-corrected chi connectivity index (χ4v) is 4.26. The van der Waals surface area contributed by atoms with Crippen LogP contribution in [0.3, 0.4) is 0 Å². The predicted molar refractivity (Wildman–Crippen MR) is 127 cm³/mol. The van der Waals surface area contributed by atoms with Crippen LogP contribution in [0.15, 0.2) is 54.6 Å². The van der Waals surface area contributed by atoms with Crippen LogP contribution in [0.1, 0.15) is 38.7 Å². The quantitative estimate of drug-likeness (QED) is 0.455. The van der Waals surface area contributed by atoms with Gasteiger partial charge in [-0.2, -0.15) is 0 Å². The van der Waals surface area contributed by atoms with E-state index in [0.29, 0.717) is 25.8 Å². The monoisotopic (exact) mass is 454 g/mol. The number of hydrogen-bond acceptors (Lipinski definition) is 5. The van der Waals surface area contributed by atoms with Crippen molar-refractivity contribution in [1.82, 2.24) is 5.32 Å². The van der Waals surface area contributed by atoms with Gasteiger partial charge in [-0.05, 0) is 55.0 Å². The first-order valence-corrected chi connectivity index (χ1v) is 11.5. The van der Waals surface area contributed by atoms with Gasteiger partial charge in [-0.25, -0.2) is 4.39 Å². The molecule has 0 unspecified atom stereocenters. The summed E-state index contributed by atoms with van der Waals surface area (Å²) in [7, 11) is -1.68. The third-order valence-electron chi connectivity index (χ3n) is 6.11. The van der Waals surface area contributed by atoms with E-state index in [-0.39, 0.29) is 35.9 Å². The number of nitrogens with one attached hydrogen (secondary N) is 1. The minimum Gasteiger partial charge on any atom is -0.426 e. The molecule has 0 aromatic heterocycles. The summed E-state index contributed by atoms with van der Waals surface area (Å²) in [4.78, 5) is 28.3. The molecular formula is C25H32BFN2O4. The van der Waals surface area contributed by atoms with Crippen molar-refractivity contribution in [1.29, 1.82) is 0 Å². The summed E-state index contributed by atoms with van der Waals surface area (Å²) in [6.45, 7) is 4.57. The average molecular weight is 454 g/mol. The molecule has 1 aliphatic rings. The lowest BCUT2D eigenvalue weighted by atomic mass is 9.74. The van der Waals surface area contributed by atoms with E-state index in [2.05, 4.69) is 5.32 Å². The predicted octanol–water partition coefficient (Wildman–Crippen LogP) is 2.77. The van der Waals surface area contributed by atoms with Crippen LogP contribution < -0.4 is 10.2 Å². The van der Waals surface area contributed by atoms with Crippen molar-refractivity contribution >= 4 is 24.5 Å². The molecule has 0 spiro atoms. The molecule has 2 aromatic carbocycles. The molecule has 1 heterocycles. The molecule has 1 fully saturated rings. The number of ketones is 1. The Morgan fingerprint density at radius 1 is 1.12 bits per heavy atom. The van der Waals surface area contributed by atoms with Crippen molar-refractivity contribution in [3.63, 3.8) is 0 Å². The molecule has 0 radical (unpaired) electrons. The second-order valence-corrected chi connectivity index (χ2v) is 9.19. The Morgan fingerprint density at radius 2 is 1.79 bits per heavy atom. The van der Waals surface area contributed by atoms with Gasteiger partial charge < -0.3 is 20.3 Å². The zero-order valence-electron chi connectivity index (χ0n) is 19.2. The molecule has 3 atom stereocenters. The van der Waals surface area contributed by atoms with E-state index in [9.17, 15) is 24.0 Å². The van der Waals surface area contributed by atoms with E-state index in [1.165, 1.54) is 12.1 Å². The number of amides is 1. The third kappa shape index (κ3) is 6.89. The molecule has 3 N–H and O–H groups in total. The molecule has 3 rings (SSSR count). The Bertz CT molecular complexity index is 924. The number of rotatable bonds is 11. The SMILES string of the molecule is CC(C)C[C@@H](NC(=O)[C@@H](CC(=O)[C@@H]1CCN1c1ccc(F)cc1)Cc1ccccc1)B(O)O. The van der Waals surface area contributed by atoms with Crippen LogP contribution >= 0.6 is 0 Å². The number of anilines is 1. The molecule has 8 heteroatoms. The molecule has 1 saturated heterocycles. The Hall–Kier alpha value is -2.71. The van der Waals surface area contributed by atoms with Gasteiger partial charge >= 0.3 is 7.12 Å². The topological polar surface area (TPSA) is 89.9 Å². The normalized spacial score (nSPS) is 17.3. The number of nitrogens with zero attached hydrogens (tertiary/aromatic N) is 1. The first-order valence-electron chi connectivity index (χ1n) is 11.5. The summed E-state index contributed by atoms with van der Waals surface area (Å²) in [6.07, 6.45) is 1.51. The van der Waals surface area contributed by atoms with Gasteiger partial charge in [0.05, 0.1) is 12.0 Å². The molecule has 2 aromatic rings. The van der Waals surface area contributed by atoms with Gasteiger partial charge in [0.15, 0.2) is 5.78 Å². The van der Waals surface area contributed by atoms with Gasteiger partial charge in [0.25, 0.3) is 0 Å². The van der Waals surface area contributed by atoms with Crippen molar-refractivity contribution in [3.8, 4) is 0 Å². The second-order valence-electron chi connectivity index (χ2n) is 9.19. The zero-order chi connectivity index (χ0) is 24.0. The highest BCUT2D eigenvalue weighted by Crippen LogP contribution is 2.29. The summed E-state index contributed by atoms with van der Waals surface area (Å²) in [5.74, 6) is -2.02. The van der Waals surface area contributed by atoms with E-state index < -0.39 is 19.0 Å². The van der Waals surface area contributed by atoms with Crippen LogP contribution in [0.4, 0.5) is 10.1 Å². The summed E-state index contributed by atoms with van der Waals surface area (Å²) in [5, 5.41) is 22.2. The van der Waals surface area contributed by atoms with Crippen LogP contribution in [0.25, 0.3) is 0 Å². The van der Waals surface area contributed by atoms with E-state index in [0.717, 1.165) is 11.3 Å². The minimum absolute atomic E-state index is 0.0407. The van der Waals surface area contributed by atoms with Crippen molar-refractivity contribution in [2.75, 3.05) is 11.4 Å². The number of halogens is 1. The van der Waals surface area contributed by atoms with Crippen LogP contribution in [0.5, 0.6) is 0 Å². The van der Waals surface area contributed by atoms with E-state index in [1.54, 1.807) is 12.1 Å². The molecule has 0 bridgehead atoms. The van der Waals surface area contributed by atoms with E-state index in [1.807, 2.05) is 49.1 Å². The Labute approximate surface area is 195 Å². The standard InChI is InChI=1S/C25H32BFN2O4/c1-17(2)14-24(26(32)33)28-25(31)19(15-18-6-4-3-5-7-18)16-23(30)22-12-13-29(22)21-10-8-20(27)9-11-21/h3-11,17,19,22,24,32-33H,12-16H2,1-2H3,(H,28,31)/t19-,22+,24-/m1/s1. The van der Waals surface area contributed by atoms with Crippen LogP contribution in [-0.2, 0) is 16.0 Å². The molecule has 1 amide bonds. The molecule has 0 aliphatic carbocycles. The highest BCUT2D eigenvalue weighted by Gasteiger charge is 2.37. The molecular weight excluding hydrogens is 422 g/mol. The molecule has 33 heavy (non-hydrogen) atoms. The number of hydrogen-bond donors (Lipinski definition) is 3. The van der Waals surface area contributed by atoms with Gasteiger partial charge in [0, 0.05) is 24.6 Å². The van der Waals surface area contributed by atoms with Crippen molar-refractivity contribution in [2.24, 2.45) is 11.8 Å². The van der Waals surface area contributed by atoms with Crippen LogP contribution in [0, 0.1) is 17.7 Å².